The number of fused-ring (bicyclic) bond motifs is 2. The molecule has 6 heterocycles. The molecule has 64 heavy (non-hydrogen) atoms. The zero-order chi connectivity index (χ0) is 44.3. The lowest BCUT2D eigenvalue weighted by atomic mass is 9.79. The van der Waals surface area contributed by atoms with Crippen LogP contribution in [0, 0.1) is 28.9 Å². The zero-order valence-corrected chi connectivity index (χ0v) is 36.6. The highest BCUT2D eigenvalue weighted by Gasteiger charge is 2.45. The second kappa shape index (κ2) is 17.1. The molecule has 2 atom stereocenters. The van der Waals surface area contributed by atoms with Crippen LogP contribution in [0.25, 0.3) is 21.8 Å². The number of ether oxygens (including phenoxy) is 2. The van der Waals surface area contributed by atoms with Crippen LogP contribution in [0.15, 0.2) is 53.6 Å². The zero-order valence-electron chi connectivity index (χ0n) is 35.8. The quantitative estimate of drug-likeness (QED) is 0.140. The summed E-state index contributed by atoms with van der Waals surface area (Å²) in [5, 5.41) is 17.8. The highest BCUT2D eigenvalue weighted by atomic mass is 32.2. The van der Waals surface area contributed by atoms with Crippen LogP contribution in [0.1, 0.15) is 87.8 Å². The molecule has 4 saturated heterocycles. The number of urea groups is 1. The third kappa shape index (κ3) is 7.96. The minimum atomic E-state index is -0.685. The van der Waals surface area contributed by atoms with E-state index in [1.807, 2.05) is 6.07 Å². The lowest BCUT2D eigenvalue weighted by molar-refractivity contribution is -0.120. The van der Waals surface area contributed by atoms with Gasteiger partial charge in [0.05, 0.1) is 46.7 Å². The normalized spacial score (nSPS) is 24.1. The molecule has 5 aliphatic rings. The Balaban J connectivity index is 0.765. The third-order valence-electron chi connectivity index (χ3n) is 14.1. The van der Waals surface area contributed by atoms with Crippen molar-refractivity contribution in [1.29, 1.82) is 5.26 Å². The molecule has 1 aliphatic carbocycles. The van der Waals surface area contributed by atoms with Crippen LogP contribution in [0.5, 0.6) is 11.5 Å². The van der Waals surface area contributed by atoms with Gasteiger partial charge in [0.1, 0.15) is 23.2 Å². The van der Waals surface area contributed by atoms with Crippen molar-refractivity contribution in [3.05, 3.63) is 81.9 Å². The smallest absolute Gasteiger partial charge is 0.329 e. The Bertz CT molecular complexity index is 2760. The van der Waals surface area contributed by atoms with E-state index in [0.717, 1.165) is 76.6 Å². The maximum Gasteiger partial charge on any atom is 0.329 e. The molecule has 15 nitrogen and oxygen atoms in total. The maximum absolute atomic E-state index is 15.8. The number of aryl methyl sites for hydroxylation is 1. The molecule has 4 aliphatic heterocycles. The maximum atomic E-state index is 15.8. The highest BCUT2D eigenvalue weighted by Crippen LogP contribution is 2.44. The van der Waals surface area contributed by atoms with Crippen LogP contribution >= 0.6 is 12.1 Å². The van der Waals surface area contributed by atoms with Crippen molar-refractivity contribution in [1.82, 2.24) is 33.9 Å². The summed E-state index contributed by atoms with van der Waals surface area (Å²) in [6, 6.07) is 12.7. The van der Waals surface area contributed by atoms with Crippen LogP contribution in [-0.4, -0.2) is 91.4 Å². The number of benzene rings is 3. The number of hydrogen-bond donors (Lipinski definition) is 2. The summed E-state index contributed by atoms with van der Waals surface area (Å²) >= 11 is 1.39. The fraction of sp³-hybridized carbons (Fsp3) is 0.478. The second-order valence-corrected chi connectivity index (χ2v) is 19.0. The summed E-state index contributed by atoms with van der Waals surface area (Å²) in [4.78, 5) is 46.8. The molecule has 3 aromatic carbocycles. The van der Waals surface area contributed by atoms with E-state index in [2.05, 4.69) is 42.3 Å². The number of likely N-dealkylation sites (tertiary alicyclic amines) is 1. The van der Waals surface area contributed by atoms with Crippen LogP contribution in [0.2, 0.25) is 0 Å². The van der Waals surface area contributed by atoms with Crippen LogP contribution in [-0.2, 0) is 16.6 Å². The van der Waals surface area contributed by atoms with Gasteiger partial charge in [-0.3, -0.25) is 29.1 Å². The van der Waals surface area contributed by atoms with Crippen molar-refractivity contribution < 1.29 is 27.8 Å². The standard InChI is InChI=1S/C46H50F2N10O5S/c1-27-11-15-56(24-27)64-53-39-10-8-36(47)42(35(39)23-49)63-31-7-9-38-33(19-31)44(60)58(26-50-38)30-22-46(62-25-30)13-17-55(18-14-46)29-5-3-28(4-6-29)32-21-40-34(20-37(32)48)43(52-54(40)2)57-16-12-41(59)51-45(57)61/h7-10,19-21,26-30,53H,3-6,11-18,22,24-25H2,1-2H3,(H,51,59,61). The van der Waals surface area contributed by atoms with E-state index in [4.69, 9.17) is 9.47 Å². The summed E-state index contributed by atoms with van der Waals surface area (Å²) in [6.07, 6.45) is 8.80. The van der Waals surface area contributed by atoms with Crippen molar-refractivity contribution in [3.63, 3.8) is 0 Å². The van der Waals surface area contributed by atoms with Gasteiger partial charge in [-0.05, 0) is 111 Å². The molecule has 2 N–H and O–H groups in total. The van der Waals surface area contributed by atoms with Gasteiger partial charge in [0.25, 0.3) is 5.56 Å². The Morgan fingerprint density at radius 3 is 2.53 bits per heavy atom. The number of aromatic nitrogens is 4. The molecule has 0 bridgehead atoms. The number of rotatable bonds is 9. The molecule has 18 heteroatoms. The van der Waals surface area contributed by atoms with E-state index in [0.29, 0.717) is 58.3 Å². The van der Waals surface area contributed by atoms with Gasteiger partial charge in [-0.15, -0.1) is 0 Å². The van der Waals surface area contributed by atoms with E-state index >= 15 is 8.78 Å². The number of nitrogens with zero attached hydrogens (tertiary/aromatic N) is 8. The first-order valence-electron chi connectivity index (χ1n) is 22.2. The van der Waals surface area contributed by atoms with E-state index in [9.17, 15) is 19.6 Å². The van der Waals surface area contributed by atoms with Crippen LogP contribution in [0.4, 0.5) is 25.1 Å². The van der Waals surface area contributed by atoms with Gasteiger partial charge in [0.15, 0.2) is 17.4 Å². The van der Waals surface area contributed by atoms with E-state index in [1.165, 1.54) is 35.2 Å². The number of nitriles is 1. The second-order valence-electron chi connectivity index (χ2n) is 18.1. The SMILES string of the molecule is CC1CCN(SNc2ccc(F)c(Oc3ccc4ncn(C5COC6(CCN(C7CCC(c8cc9c(cc8F)c(N8CCC(=O)NC8=O)nn9C)CC7)CC6)C5)c(=O)c4c3)c2C#N)C1. The monoisotopic (exact) mass is 892 g/mol. The largest absolute Gasteiger partial charge is 0.453 e. The molecule has 3 amide bonds. The van der Waals surface area contributed by atoms with Crippen LogP contribution < -0.4 is 25.2 Å². The Morgan fingerprint density at radius 2 is 1.78 bits per heavy atom. The summed E-state index contributed by atoms with van der Waals surface area (Å²) in [7, 11) is 1.78. The average Bonchev–Trinajstić information content (AvgIpc) is 4.00. The molecule has 10 rings (SSSR count). The molecule has 334 valence electrons. The van der Waals surface area contributed by atoms with Crippen LogP contribution in [0.3, 0.4) is 0 Å². The Kier molecular flexibility index (Phi) is 11.3. The van der Waals surface area contributed by atoms with Gasteiger partial charge in [0, 0.05) is 69.8 Å². The molecular formula is C46H50F2N10O5S. The molecular weight excluding hydrogens is 843 g/mol. The lowest BCUT2D eigenvalue weighted by Crippen LogP contribution is -2.49. The van der Waals surface area contributed by atoms with Crippen molar-refractivity contribution in [3.8, 4) is 17.6 Å². The third-order valence-corrected chi connectivity index (χ3v) is 15.0. The number of carbonyl (C=O) groups is 2. The number of anilines is 2. The summed E-state index contributed by atoms with van der Waals surface area (Å²) in [5.74, 6) is -0.319. The fourth-order valence-electron chi connectivity index (χ4n) is 10.4. The van der Waals surface area contributed by atoms with Gasteiger partial charge < -0.3 is 19.1 Å². The molecule has 2 unspecified atom stereocenters. The predicted octanol–water partition coefficient (Wildman–Crippen LogP) is 7.51. The molecule has 1 saturated carbocycles. The van der Waals surface area contributed by atoms with Gasteiger partial charge >= 0.3 is 6.03 Å². The average molecular weight is 893 g/mol. The van der Waals surface area contributed by atoms with Gasteiger partial charge in [-0.1, -0.05) is 6.92 Å². The van der Waals surface area contributed by atoms with E-state index in [1.54, 1.807) is 40.8 Å². The van der Waals surface area contributed by atoms with Crippen molar-refractivity contribution in [2.45, 2.75) is 88.3 Å². The first-order valence-corrected chi connectivity index (χ1v) is 23.0. The number of piperidine rings is 1. The summed E-state index contributed by atoms with van der Waals surface area (Å²) < 4.78 is 52.3. The first kappa shape index (κ1) is 42.3. The molecule has 1 spiro atoms. The van der Waals surface area contributed by atoms with Crippen molar-refractivity contribution in [2.75, 3.05) is 49.0 Å². The number of imide groups is 1. The highest BCUT2D eigenvalue weighted by molar-refractivity contribution is 7.98. The lowest BCUT2D eigenvalue weighted by Gasteiger charge is -2.44. The summed E-state index contributed by atoms with van der Waals surface area (Å²) in [6.45, 7) is 6.35. The Labute approximate surface area is 372 Å². The molecule has 0 radical (unpaired) electrons. The number of amides is 3. The Hall–Kier alpha value is -5.61. The number of carbonyl (C=O) groups excluding carboxylic acids is 2. The molecule has 2 aromatic heterocycles. The van der Waals surface area contributed by atoms with Gasteiger partial charge in [-0.25, -0.2) is 22.9 Å². The number of hydrogen-bond acceptors (Lipinski definition) is 12. The van der Waals surface area contributed by atoms with Crippen molar-refractivity contribution in [2.24, 2.45) is 13.0 Å². The van der Waals surface area contributed by atoms with E-state index in [-0.39, 0.29) is 64.9 Å². The number of nitrogens with one attached hydrogen (secondary N) is 2. The van der Waals surface area contributed by atoms with E-state index < -0.39 is 11.8 Å². The predicted molar refractivity (Wildman–Crippen MR) is 238 cm³/mol. The summed E-state index contributed by atoms with van der Waals surface area (Å²) in [5.41, 5.74) is 1.79. The molecule has 5 fully saturated rings. The minimum Gasteiger partial charge on any atom is -0.453 e. The topological polar surface area (TPSA) is 163 Å². The van der Waals surface area contributed by atoms with Crippen molar-refractivity contribution >= 4 is 57.4 Å². The fourth-order valence-corrected chi connectivity index (χ4v) is 11.4. The Morgan fingerprint density at radius 1 is 0.969 bits per heavy atom. The van der Waals surface area contributed by atoms with Gasteiger partial charge in [0.2, 0.25) is 5.91 Å². The number of halogens is 2. The molecule has 5 aromatic rings. The first-order chi connectivity index (χ1) is 31.0. The van der Waals surface area contributed by atoms with Gasteiger partial charge in [-0.2, -0.15) is 10.4 Å². The minimum absolute atomic E-state index is 0.0355.